The molecule has 0 aliphatic carbocycles. The standard InChI is InChI=1S/C17H16O2/c1-2-17(15(18)13-9-5-3-6-10-13)16(19-17)14-11-7-4-8-12-14/h3-12,16H,2H2,1H3. The van der Waals surface area contributed by atoms with Crippen LogP contribution in [0.25, 0.3) is 0 Å². The van der Waals surface area contributed by atoms with Crippen LogP contribution in [0.5, 0.6) is 0 Å². The number of carbonyl (C=O) groups excluding carboxylic acids is 1. The molecule has 1 heterocycles. The molecule has 0 aromatic heterocycles. The number of ketones is 1. The molecule has 0 N–H and O–H groups in total. The van der Waals surface area contributed by atoms with Gasteiger partial charge in [-0.1, -0.05) is 67.6 Å². The molecule has 0 saturated carbocycles. The summed E-state index contributed by atoms with van der Waals surface area (Å²) in [4.78, 5) is 12.6. The van der Waals surface area contributed by atoms with E-state index in [-0.39, 0.29) is 11.9 Å². The Kier molecular flexibility index (Phi) is 2.96. The first-order chi connectivity index (χ1) is 9.28. The van der Waals surface area contributed by atoms with Gasteiger partial charge in [-0.3, -0.25) is 4.79 Å². The van der Waals surface area contributed by atoms with Crippen LogP contribution in [0.3, 0.4) is 0 Å². The minimum absolute atomic E-state index is 0.0875. The summed E-state index contributed by atoms with van der Waals surface area (Å²) in [6.07, 6.45) is 0.590. The van der Waals surface area contributed by atoms with Crippen molar-refractivity contribution in [3.8, 4) is 0 Å². The molecule has 96 valence electrons. The lowest BCUT2D eigenvalue weighted by atomic mass is 9.89. The summed E-state index contributed by atoms with van der Waals surface area (Å²) < 4.78 is 5.81. The Hall–Kier alpha value is -1.93. The summed E-state index contributed by atoms with van der Waals surface area (Å²) in [6.45, 7) is 2.00. The van der Waals surface area contributed by atoms with Crippen LogP contribution in [0, 0.1) is 0 Å². The number of rotatable bonds is 4. The highest BCUT2D eigenvalue weighted by atomic mass is 16.6. The summed E-state index contributed by atoms with van der Waals surface area (Å²) >= 11 is 0. The highest BCUT2D eigenvalue weighted by Gasteiger charge is 2.61. The molecule has 0 spiro atoms. The van der Waals surface area contributed by atoms with E-state index in [1.165, 1.54) is 0 Å². The molecule has 0 bridgehead atoms. The number of ether oxygens (including phenoxy) is 1. The van der Waals surface area contributed by atoms with Gasteiger partial charge in [0.15, 0.2) is 11.4 Å². The van der Waals surface area contributed by atoms with E-state index in [2.05, 4.69) is 0 Å². The predicted octanol–water partition coefficient (Wildman–Crippen LogP) is 3.79. The molecule has 2 atom stereocenters. The van der Waals surface area contributed by atoms with Crippen LogP contribution >= 0.6 is 0 Å². The first kappa shape index (κ1) is 12.1. The molecule has 3 rings (SSSR count). The molecular weight excluding hydrogens is 236 g/mol. The second-order valence-corrected chi connectivity index (χ2v) is 4.85. The van der Waals surface area contributed by atoms with Gasteiger partial charge in [0.2, 0.25) is 0 Å². The molecule has 1 fully saturated rings. The third-order valence-corrected chi connectivity index (χ3v) is 3.74. The van der Waals surface area contributed by atoms with Crippen LogP contribution in [0.2, 0.25) is 0 Å². The first-order valence-corrected chi connectivity index (χ1v) is 6.60. The van der Waals surface area contributed by atoms with E-state index in [0.717, 1.165) is 11.1 Å². The SMILES string of the molecule is CCC1(C(=O)c2ccccc2)OC1c1ccccc1. The maximum Gasteiger partial charge on any atom is 0.197 e. The number of hydrogen-bond acceptors (Lipinski definition) is 2. The van der Waals surface area contributed by atoms with E-state index in [4.69, 9.17) is 4.74 Å². The Morgan fingerprint density at radius 1 is 1.05 bits per heavy atom. The van der Waals surface area contributed by atoms with Gasteiger partial charge in [0, 0.05) is 5.56 Å². The van der Waals surface area contributed by atoms with Gasteiger partial charge >= 0.3 is 0 Å². The summed E-state index contributed by atoms with van der Waals surface area (Å²) in [6, 6.07) is 19.3. The van der Waals surface area contributed by atoms with Gasteiger partial charge in [0.25, 0.3) is 0 Å². The highest BCUT2D eigenvalue weighted by Crippen LogP contribution is 2.53. The predicted molar refractivity (Wildman–Crippen MR) is 74.1 cm³/mol. The van der Waals surface area contributed by atoms with Gasteiger partial charge in [-0.05, 0) is 12.0 Å². The maximum atomic E-state index is 12.6. The summed E-state index contributed by atoms with van der Waals surface area (Å²) in [5.41, 5.74) is 1.14. The van der Waals surface area contributed by atoms with Gasteiger partial charge in [-0.15, -0.1) is 0 Å². The normalized spacial score (nSPS) is 25.0. The third-order valence-electron chi connectivity index (χ3n) is 3.74. The van der Waals surface area contributed by atoms with E-state index < -0.39 is 5.60 Å². The second kappa shape index (κ2) is 4.63. The van der Waals surface area contributed by atoms with Crippen molar-refractivity contribution in [2.75, 3.05) is 0 Å². The molecule has 2 unspecified atom stereocenters. The van der Waals surface area contributed by atoms with Crippen molar-refractivity contribution in [2.24, 2.45) is 0 Å². The molecule has 0 radical (unpaired) electrons. The quantitative estimate of drug-likeness (QED) is 0.612. The van der Waals surface area contributed by atoms with Crippen LogP contribution in [-0.4, -0.2) is 11.4 Å². The zero-order valence-electron chi connectivity index (χ0n) is 10.9. The van der Waals surface area contributed by atoms with E-state index in [1.54, 1.807) is 0 Å². The fourth-order valence-electron chi connectivity index (χ4n) is 2.58. The van der Waals surface area contributed by atoms with Gasteiger partial charge in [-0.2, -0.15) is 0 Å². The van der Waals surface area contributed by atoms with Crippen molar-refractivity contribution in [3.05, 3.63) is 71.8 Å². The lowest BCUT2D eigenvalue weighted by Crippen LogP contribution is -2.24. The van der Waals surface area contributed by atoms with E-state index in [1.807, 2.05) is 67.6 Å². The van der Waals surface area contributed by atoms with E-state index >= 15 is 0 Å². The molecule has 1 saturated heterocycles. The second-order valence-electron chi connectivity index (χ2n) is 4.85. The number of carbonyl (C=O) groups is 1. The van der Waals surface area contributed by atoms with Crippen LogP contribution in [0.4, 0.5) is 0 Å². The van der Waals surface area contributed by atoms with Gasteiger partial charge in [-0.25, -0.2) is 0 Å². The van der Waals surface area contributed by atoms with Crippen LogP contribution in [0.15, 0.2) is 60.7 Å². The average Bonchev–Trinajstić information content (AvgIpc) is 3.24. The number of hydrogen-bond donors (Lipinski definition) is 0. The summed E-state index contributed by atoms with van der Waals surface area (Å²) in [5.74, 6) is 0.0875. The van der Waals surface area contributed by atoms with Crippen LogP contribution in [0.1, 0.15) is 35.4 Å². The van der Waals surface area contributed by atoms with Crippen molar-refractivity contribution in [1.82, 2.24) is 0 Å². The number of benzene rings is 2. The smallest absolute Gasteiger partial charge is 0.197 e. The van der Waals surface area contributed by atoms with E-state index in [0.29, 0.717) is 6.42 Å². The first-order valence-electron chi connectivity index (χ1n) is 6.60. The molecule has 2 heteroatoms. The van der Waals surface area contributed by atoms with Crippen molar-refractivity contribution >= 4 is 5.78 Å². The van der Waals surface area contributed by atoms with Crippen molar-refractivity contribution in [3.63, 3.8) is 0 Å². The van der Waals surface area contributed by atoms with Gasteiger partial charge in [0.05, 0.1) is 0 Å². The summed E-state index contributed by atoms with van der Waals surface area (Å²) in [5, 5.41) is 0. The zero-order valence-corrected chi connectivity index (χ0v) is 10.9. The Balaban J connectivity index is 1.89. The lowest BCUT2D eigenvalue weighted by molar-refractivity contribution is 0.0868. The Morgan fingerprint density at radius 3 is 2.21 bits per heavy atom. The number of Topliss-reactive ketones (excluding diaryl/α,β-unsaturated/α-hetero) is 1. The molecule has 1 aliphatic rings. The number of epoxide rings is 1. The Morgan fingerprint density at radius 2 is 1.63 bits per heavy atom. The molecular formula is C17H16O2. The third kappa shape index (κ3) is 1.98. The van der Waals surface area contributed by atoms with Crippen LogP contribution < -0.4 is 0 Å². The Labute approximate surface area is 113 Å². The fourth-order valence-corrected chi connectivity index (χ4v) is 2.58. The maximum absolute atomic E-state index is 12.6. The molecule has 19 heavy (non-hydrogen) atoms. The fraction of sp³-hybridized carbons (Fsp3) is 0.235. The van der Waals surface area contributed by atoms with Crippen molar-refractivity contribution < 1.29 is 9.53 Å². The molecule has 2 nitrogen and oxygen atoms in total. The summed E-state index contributed by atoms with van der Waals surface area (Å²) in [7, 11) is 0. The van der Waals surface area contributed by atoms with Gasteiger partial charge in [0.1, 0.15) is 6.10 Å². The average molecular weight is 252 g/mol. The highest BCUT2D eigenvalue weighted by molar-refractivity contribution is 6.04. The molecule has 0 amide bonds. The monoisotopic (exact) mass is 252 g/mol. The molecule has 2 aromatic rings. The van der Waals surface area contributed by atoms with E-state index in [9.17, 15) is 4.79 Å². The topological polar surface area (TPSA) is 29.6 Å². The lowest BCUT2D eigenvalue weighted by Gasteiger charge is -2.09. The zero-order chi connectivity index (χ0) is 13.3. The van der Waals surface area contributed by atoms with Crippen molar-refractivity contribution in [1.29, 1.82) is 0 Å². The largest absolute Gasteiger partial charge is 0.352 e. The van der Waals surface area contributed by atoms with Crippen molar-refractivity contribution in [2.45, 2.75) is 25.0 Å². The minimum atomic E-state index is -0.664. The molecule has 1 aliphatic heterocycles. The molecule has 2 aromatic carbocycles. The van der Waals surface area contributed by atoms with Crippen LogP contribution in [-0.2, 0) is 4.74 Å². The Bertz CT molecular complexity index is 577. The van der Waals surface area contributed by atoms with Gasteiger partial charge < -0.3 is 4.74 Å². The minimum Gasteiger partial charge on any atom is -0.352 e.